The zero-order valence-corrected chi connectivity index (χ0v) is 16.4. The lowest BCUT2D eigenvalue weighted by molar-refractivity contribution is 0.301. The molecule has 0 spiro atoms. The van der Waals surface area contributed by atoms with Crippen molar-refractivity contribution in [1.82, 2.24) is 4.98 Å². The Morgan fingerprint density at radius 3 is 2.63 bits per heavy atom. The van der Waals surface area contributed by atoms with Crippen molar-refractivity contribution in [2.24, 2.45) is 0 Å². The van der Waals surface area contributed by atoms with E-state index in [-0.39, 0.29) is 0 Å². The third kappa shape index (κ3) is 4.66. The predicted molar refractivity (Wildman–Crippen MR) is 111 cm³/mol. The average molecular weight is 378 g/mol. The molecular weight excluding hydrogens is 356 g/mol. The maximum atomic E-state index is 9.69. The minimum atomic E-state index is 0.528. The molecule has 0 bridgehead atoms. The molecular formula is C22H22N2O2S. The van der Waals surface area contributed by atoms with Crippen LogP contribution in [0.5, 0.6) is 11.5 Å². The van der Waals surface area contributed by atoms with Crippen LogP contribution < -0.4 is 9.47 Å². The van der Waals surface area contributed by atoms with E-state index in [1.54, 1.807) is 0 Å². The second-order valence-corrected chi connectivity index (χ2v) is 7.08. The van der Waals surface area contributed by atoms with Crippen LogP contribution in [0.3, 0.4) is 0 Å². The summed E-state index contributed by atoms with van der Waals surface area (Å²) in [5, 5.41) is 10.4. The fourth-order valence-corrected chi connectivity index (χ4v) is 3.50. The number of rotatable bonds is 8. The molecule has 4 nitrogen and oxygen atoms in total. The summed E-state index contributed by atoms with van der Waals surface area (Å²) in [6, 6.07) is 15.9. The van der Waals surface area contributed by atoms with Crippen molar-refractivity contribution in [3.63, 3.8) is 0 Å². The minimum absolute atomic E-state index is 0.528. The minimum Gasteiger partial charge on any atom is -0.493 e. The third-order valence-corrected chi connectivity index (χ3v) is 4.93. The van der Waals surface area contributed by atoms with Gasteiger partial charge in [-0.15, -0.1) is 11.3 Å². The third-order valence-electron chi connectivity index (χ3n) is 3.86. The Hall–Kier alpha value is -2.84. The largest absolute Gasteiger partial charge is 0.493 e. The summed E-state index contributed by atoms with van der Waals surface area (Å²) in [6.07, 6.45) is 3.70. The maximum absolute atomic E-state index is 9.69. The Labute approximate surface area is 163 Å². The van der Waals surface area contributed by atoms with E-state index in [2.05, 4.69) is 24.9 Å². The first-order valence-corrected chi connectivity index (χ1v) is 9.94. The Morgan fingerprint density at radius 2 is 1.89 bits per heavy atom. The molecule has 0 saturated heterocycles. The number of benzene rings is 2. The number of aromatic nitrogens is 1. The van der Waals surface area contributed by atoms with E-state index in [0.29, 0.717) is 23.8 Å². The van der Waals surface area contributed by atoms with E-state index in [0.717, 1.165) is 40.1 Å². The molecule has 138 valence electrons. The van der Waals surface area contributed by atoms with Gasteiger partial charge in [-0.05, 0) is 43.2 Å². The normalized spacial score (nSPS) is 11.4. The molecule has 0 saturated carbocycles. The van der Waals surface area contributed by atoms with Crippen molar-refractivity contribution >= 4 is 33.2 Å². The van der Waals surface area contributed by atoms with Crippen molar-refractivity contribution in [1.29, 1.82) is 5.26 Å². The highest BCUT2D eigenvalue weighted by atomic mass is 32.1. The van der Waals surface area contributed by atoms with Gasteiger partial charge in [-0.2, -0.15) is 5.26 Å². The number of hydrogen-bond acceptors (Lipinski definition) is 5. The molecule has 3 aromatic rings. The molecule has 0 N–H and O–H groups in total. The lowest BCUT2D eigenvalue weighted by Gasteiger charge is -2.12. The van der Waals surface area contributed by atoms with E-state index in [4.69, 9.17) is 9.47 Å². The summed E-state index contributed by atoms with van der Waals surface area (Å²) in [6.45, 7) is 5.41. The zero-order chi connectivity index (χ0) is 19.1. The molecule has 0 aliphatic rings. The van der Waals surface area contributed by atoms with Gasteiger partial charge in [0.2, 0.25) is 0 Å². The SMILES string of the molecule is CCCOc1ccc(/C=C(\C#N)c2nc3ccccc3s2)c(OCCC)c1. The van der Waals surface area contributed by atoms with Gasteiger partial charge < -0.3 is 9.47 Å². The van der Waals surface area contributed by atoms with Crippen LogP contribution in [0.4, 0.5) is 0 Å². The number of ether oxygens (including phenoxy) is 2. The van der Waals surface area contributed by atoms with Gasteiger partial charge in [0.15, 0.2) is 0 Å². The van der Waals surface area contributed by atoms with Crippen LogP contribution >= 0.6 is 11.3 Å². The first kappa shape index (κ1) is 18.9. The molecule has 3 rings (SSSR count). The summed E-state index contributed by atoms with van der Waals surface area (Å²) < 4.78 is 12.7. The lowest BCUT2D eigenvalue weighted by Crippen LogP contribution is -2.00. The number of fused-ring (bicyclic) bond motifs is 1. The fourth-order valence-electron chi connectivity index (χ4n) is 2.57. The van der Waals surface area contributed by atoms with Crippen molar-refractivity contribution in [3.05, 3.63) is 53.0 Å². The molecule has 27 heavy (non-hydrogen) atoms. The Balaban J connectivity index is 1.97. The molecule has 0 aliphatic heterocycles. The number of hydrogen-bond donors (Lipinski definition) is 0. The van der Waals surface area contributed by atoms with E-state index in [1.807, 2.05) is 48.5 Å². The second kappa shape index (κ2) is 9.20. The highest BCUT2D eigenvalue weighted by molar-refractivity contribution is 7.19. The van der Waals surface area contributed by atoms with Gasteiger partial charge in [0.1, 0.15) is 22.6 Å². The van der Waals surface area contributed by atoms with Crippen LogP contribution in [0.2, 0.25) is 0 Å². The van der Waals surface area contributed by atoms with Crippen LogP contribution in [0.15, 0.2) is 42.5 Å². The summed E-state index contributed by atoms with van der Waals surface area (Å²) >= 11 is 1.52. The fraction of sp³-hybridized carbons (Fsp3) is 0.273. The first-order valence-electron chi connectivity index (χ1n) is 9.12. The van der Waals surface area contributed by atoms with Gasteiger partial charge in [-0.1, -0.05) is 26.0 Å². The van der Waals surface area contributed by atoms with Crippen molar-refractivity contribution in [2.45, 2.75) is 26.7 Å². The topological polar surface area (TPSA) is 55.1 Å². The average Bonchev–Trinajstić information content (AvgIpc) is 3.13. The number of nitrogens with zero attached hydrogens (tertiary/aromatic N) is 2. The summed E-state index contributed by atoms with van der Waals surface area (Å²) in [7, 11) is 0. The standard InChI is InChI=1S/C22H22N2O2S/c1-3-11-25-18-10-9-16(20(14-18)26-12-4-2)13-17(15-23)22-24-19-7-5-6-8-21(19)27-22/h5-10,13-14H,3-4,11-12H2,1-2H3/b17-13+. The number of thiazole rings is 1. The van der Waals surface area contributed by atoms with E-state index in [9.17, 15) is 5.26 Å². The molecule has 0 amide bonds. The monoisotopic (exact) mass is 378 g/mol. The molecule has 0 radical (unpaired) electrons. The number of allylic oxidation sites excluding steroid dienone is 1. The molecule has 1 heterocycles. The Morgan fingerprint density at radius 1 is 1.11 bits per heavy atom. The highest BCUT2D eigenvalue weighted by Gasteiger charge is 2.11. The van der Waals surface area contributed by atoms with Crippen LogP contribution in [0.25, 0.3) is 21.9 Å². The van der Waals surface area contributed by atoms with Crippen LogP contribution in [0, 0.1) is 11.3 Å². The quantitative estimate of drug-likeness (QED) is 0.455. The second-order valence-electron chi connectivity index (χ2n) is 6.05. The maximum Gasteiger partial charge on any atom is 0.135 e. The molecule has 5 heteroatoms. The number of para-hydroxylation sites is 1. The lowest BCUT2D eigenvalue weighted by atomic mass is 10.1. The summed E-state index contributed by atoms with van der Waals surface area (Å²) in [4.78, 5) is 4.59. The number of nitriles is 1. The summed E-state index contributed by atoms with van der Waals surface area (Å²) in [5.74, 6) is 1.50. The molecule has 1 aromatic heterocycles. The van der Waals surface area contributed by atoms with E-state index in [1.165, 1.54) is 11.3 Å². The van der Waals surface area contributed by atoms with Crippen LogP contribution in [-0.4, -0.2) is 18.2 Å². The van der Waals surface area contributed by atoms with Gasteiger partial charge >= 0.3 is 0 Å². The van der Waals surface area contributed by atoms with Gasteiger partial charge in [-0.3, -0.25) is 0 Å². The van der Waals surface area contributed by atoms with Crippen LogP contribution in [0.1, 0.15) is 37.3 Å². The zero-order valence-electron chi connectivity index (χ0n) is 15.6. The molecule has 0 fully saturated rings. The highest BCUT2D eigenvalue weighted by Crippen LogP contribution is 2.32. The molecule has 0 atom stereocenters. The van der Waals surface area contributed by atoms with Gasteiger partial charge in [-0.25, -0.2) is 4.98 Å². The van der Waals surface area contributed by atoms with E-state index >= 15 is 0 Å². The molecule has 2 aromatic carbocycles. The van der Waals surface area contributed by atoms with Crippen molar-refractivity contribution in [2.75, 3.05) is 13.2 Å². The van der Waals surface area contributed by atoms with Crippen molar-refractivity contribution in [3.8, 4) is 17.6 Å². The predicted octanol–water partition coefficient (Wildman–Crippen LogP) is 5.94. The van der Waals surface area contributed by atoms with Crippen LogP contribution in [-0.2, 0) is 0 Å². The van der Waals surface area contributed by atoms with E-state index < -0.39 is 0 Å². The first-order chi connectivity index (χ1) is 13.2. The molecule has 0 aliphatic carbocycles. The Kier molecular flexibility index (Phi) is 6.45. The van der Waals surface area contributed by atoms with Gasteiger partial charge in [0, 0.05) is 11.6 Å². The smallest absolute Gasteiger partial charge is 0.135 e. The van der Waals surface area contributed by atoms with Crippen molar-refractivity contribution < 1.29 is 9.47 Å². The van der Waals surface area contributed by atoms with Gasteiger partial charge in [0.05, 0.1) is 29.0 Å². The molecule has 0 unspecified atom stereocenters. The Bertz CT molecular complexity index is 952. The summed E-state index contributed by atoms with van der Waals surface area (Å²) in [5.41, 5.74) is 2.28. The van der Waals surface area contributed by atoms with Gasteiger partial charge in [0.25, 0.3) is 0 Å².